The second-order valence-electron chi connectivity index (χ2n) is 6.96. The maximum atomic E-state index is 12.9. The van der Waals surface area contributed by atoms with Crippen molar-refractivity contribution < 1.29 is 23.9 Å². The van der Waals surface area contributed by atoms with E-state index in [9.17, 15) is 14.4 Å². The van der Waals surface area contributed by atoms with Gasteiger partial charge in [-0.15, -0.1) is 0 Å². The third-order valence-corrected chi connectivity index (χ3v) is 5.44. The first-order valence-corrected chi connectivity index (χ1v) is 9.74. The average Bonchev–Trinajstić information content (AvgIpc) is 3.23. The Morgan fingerprint density at radius 3 is 2.34 bits per heavy atom. The number of carbonyl (C=O) groups excluding carboxylic acids is 3. The van der Waals surface area contributed by atoms with Crippen LogP contribution < -0.4 is 5.32 Å². The molecule has 0 bridgehead atoms. The number of ether oxygens (including phenoxy) is 2. The van der Waals surface area contributed by atoms with Gasteiger partial charge in [-0.1, -0.05) is 48.7 Å². The van der Waals surface area contributed by atoms with Crippen LogP contribution in [0.2, 0.25) is 5.02 Å². The molecular formula is C22H22ClNO5. The minimum absolute atomic E-state index is 0.225. The number of amides is 1. The summed E-state index contributed by atoms with van der Waals surface area (Å²) < 4.78 is 10.1. The summed E-state index contributed by atoms with van der Waals surface area (Å²) in [6, 6.07) is 13.6. The molecule has 1 aliphatic rings. The van der Waals surface area contributed by atoms with Crippen molar-refractivity contribution >= 4 is 35.1 Å². The van der Waals surface area contributed by atoms with Crippen LogP contribution in [0.4, 0.5) is 5.69 Å². The molecule has 1 N–H and O–H groups in total. The summed E-state index contributed by atoms with van der Waals surface area (Å²) in [5.74, 6) is -1.52. The number of esters is 2. The van der Waals surface area contributed by atoms with Crippen LogP contribution in [0.1, 0.15) is 41.6 Å². The van der Waals surface area contributed by atoms with Crippen LogP contribution in [0.3, 0.4) is 0 Å². The van der Waals surface area contributed by atoms with Crippen molar-refractivity contribution in [2.24, 2.45) is 0 Å². The van der Waals surface area contributed by atoms with Gasteiger partial charge >= 0.3 is 11.9 Å². The zero-order valence-electron chi connectivity index (χ0n) is 16.1. The van der Waals surface area contributed by atoms with E-state index in [1.165, 1.54) is 7.11 Å². The molecule has 2 aromatic rings. The number of anilines is 1. The molecule has 0 saturated heterocycles. The molecule has 0 unspecified atom stereocenters. The van der Waals surface area contributed by atoms with Crippen molar-refractivity contribution in [3.63, 3.8) is 0 Å². The summed E-state index contributed by atoms with van der Waals surface area (Å²) >= 11 is 5.97. The van der Waals surface area contributed by atoms with Crippen LogP contribution in [0.25, 0.3) is 0 Å². The van der Waals surface area contributed by atoms with Crippen LogP contribution in [-0.4, -0.2) is 31.6 Å². The molecule has 1 saturated carbocycles. The lowest BCUT2D eigenvalue weighted by Gasteiger charge is -2.27. The van der Waals surface area contributed by atoms with E-state index >= 15 is 0 Å². The predicted molar refractivity (Wildman–Crippen MR) is 109 cm³/mol. The number of carbonyl (C=O) groups is 3. The lowest BCUT2D eigenvalue weighted by Crippen LogP contribution is -2.36. The van der Waals surface area contributed by atoms with E-state index in [1.807, 2.05) is 12.1 Å². The van der Waals surface area contributed by atoms with Gasteiger partial charge in [0.2, 0.25) is 0 Å². The molecule has 0 heterocycles. The number of rotatable bonds is 6. The van der Waals surface area contributed by atoms with E-state index in [2.05, 4.69) is 5.32 Å². The Labute approximate surface area is 174 Å². The monoisotopic (exact) mass is 415 g/mol. The summed E-state index contributed by atoms with van der Waals surface area (Å²) in [4.78, 5) is 37.1. The zero-order valence-corrected chi connectivity index (χ0v) is 16.8. The van der Waals surface area contributed by atoms with Gasteiger partial charge in [-0.3, -0.25) is 9.59 Å². The van der Waals surface area contributed by atoms with Gasteiger partial charge in [0.1, 0.15) is 0 Å². The molecule has 7 heteroatoms. The number of benzene rings is 2. The maximum Gasteiger partial charge on any atom is 0.339 e. The highest BCUT2D eigenvalue weighted by molar-refractivity contribution is 6.30. The van der Waals surface area contributed by atoms with E-state index < -0.39 is 29.9 Å². The fraction of sp³-hybridized carbons (Fsp3) is 0.318. The average molecular weight is 416 g/mol. The van der Waals surface area contributed by atoms with Gasteiger partial charge in [-0.2, -0.15) is 0 Å². The van der Waals surface area contributed by atoms with Crippen molar-refractivity contribution in [3.05, 3.63) is 64.7 Å². The van der Waals surface area contributed by atoms with E-state index in [0.717, 1.165) is 18.4 Å². The second-order valence-corrected chi connectivity index (χ2v) is 7.39. The van der Waals surface area contributed by atoms with Crippen LogP contribution >= 0.6 is 11.6 Å². The molecule has 0 spiro atoms. The molecule has 152 valence electrons. The van der Waals surface area contributed by atoms with E-state index in [0.29, 0.717) is 23.6 Å². The summed E-state index contributed by atoms with van der Waals surface area (Å²) in [7, 11) is 1.26. The molecule has 3 rings (SSSR count). The quantitative estimate of drug-likeness (QED) is 0.717. The lowest BCUT2D eigenvalue weighted by atomic mass is 9.79. The van der Waals surface area contributed by atoms with Gasteiger partial charge < -0.3 is 14.8 Å². The van der Waals surface area contributed by atoms with Gasteiger partial charge in [-0.25, -0.2) is 4.79 Å². The molecule has 1 amide bonds. The van der Waals surface area contributed by atoms with Gasteiger partial charge in [0, 0.05) is 5.02 Å². The standard InChI is InChI=1S/C22H22ClNO5/c1-28-20(26)17-6-2-3-7-18(17)24-19(25)14-29-21(27)22(12-4-5-13-22)15-8-10-16(23)11-9-15/h2-3,6-11H,4-5,12-14H2,1H3,(H,24,25). The molecule has 0 radical (unpaired) electrons. The van der Waals surface area contributed by atoms with Gasteiger partial charge in [0.05, 0.1) is 23.8 Å². The normalized spacial score (nSPS) is 14.8. The Bertz CT molecular complexity index is 904. The summed E-state index contributed by atoms with van der Waals surface area (Å²) in [5.41, 5.74) is 0.618. The van der Waals surface area contributed by atoms with Crippen LogP contribution in [0.15, 0.2) is 48.5 Å². The molecule has 29 heavy (non-hydrogen) atoms. The first kappa shape index (κ1) is 20.9. The largest absolute Gasteiger partial charge is 0.465 e. The summed E-state index contributed by atoms with van der Waals surface area (Å²) in [6.07, 6.45) is 3.16. The van der Waals surface area contributed by atoms with Crippen molar-refractivity contribution in [2.75, 3.05) is 19.0 Å². The van der Waals surface area contributed by atoms with Gasteiger partial charge in [-0.05, 0) is 42.7 Å². The Hall–Kier alpha value is -2.86. The second kappa shape index (κ2) is 9.09. The number of halogens is 1. The molecule has 0 atom stereocenters. The van der Waals surface area contributed by atoms with Crippen LogP contribution in [0.5, 0.6) is 0 Å². The highest BCUT2D eigenvalue weighted by atomic mass is 35.5. The topological polar surface area (TPSA) is 81.7 Å². The van der Waals surface area contributed by atoms with Gasteiger partial charge in [0.15, 0.2) is 6.61 Å². The minimum atomic E-state index is -0.755. The van der Waals surface area contributed by atoms with Crippen molar-refractivity contribution in [2.45, 2.75) is 31.1 Å². The van der Waals surface area contributed by atoms with E-state index in [4.69, 9.17) is 21.1 Å². The maximum absolute atomic E-state index is 12.9. The number of hydrogen-bond donors (Lipinski definition) is 1. The fourth-order valence-electron chi connectivity index (χ4n) is 3.69. The van der Waals surface area contributed by atoms with Crippen molar-refractivity contribution in [1.82, 2.24) is 0 Å². The number of hydrogen-bond acceptors (Lipinski definition) is 5. The van der Waals surface area contributed by atoms with Crippen LogP contribution in [0, 0.1) is 0 Å². The van der Waals surface area contributed by atoms with E-state index in [1.54, 1.807) is 36.4 Å². The summed E-state index contributed by atoms with van der Waals surface area (Å²) in [6.45, 7) is -0.441. The SMILES string of the molecule is COC(=O)c1ccccc1NC(=O)COC(=O)C1(c2ccc(Cl)cc2)CCCC1. The smallest absolute Gasteiger partial charge is 0.339 e. The molecular weight excluding hydrogens is 394 g/mol. The summed E-state index contributed by atoms with van der Waals surface area (Å²) in [5, 5.41) is 3.19. The number of para-hydroxylation sites is 1. The lowest BCUT2D eigenvalue weighted by molar-refractivity contribution is -0.153. The highest BCUT2D eigenvalue weighted by Gasteiger charge is 2.44. The third-order valence-electron chi connectivity index (χ3n) is 5.19. The van der Waals surface area contributed by atoms with Gasteiger partial charge in [0.25, 0.3) is 5.91 Å². The van der Waals surface area contributed by atoms with E-state index in [-0.39, 0.29) is 5.56 Å². The molecule has 2 aromatic carbocycles. The third kappa shape index (κ3) is 4.59. The Kier molecular flexibility index (Phi) is 6.54. The van der Waals surface area contributed by atoms with Crippen molar-refractivity contribution in [1.29, 1.82) is 0 Å². The predicted octanol–water partition coefficient (Wildman–Crippen LogP) is 4.12. The first-order chi connectivity index (χ1) is 14.0. The number of nitrogens with one attached hydrogen (secondary N) is 1. The van der Waals surface area contributed by atoms with Crippen molar-refractivity contribution in [3.8, 4) is 0 Å². The Morgan fingerprint density at radius 2 is 1.69 bits per heavy atom. The number of methoxy groups -OCH3 is 1. The molecule has 1 aliphatic carbocycles. The highest BCUT2D eigenvalue weighted by Crippen LogP contribution is 2.42. The van der Waals surface area contributed by atoms with Crippen LogP contribution in [-0.2, 0) is 24.5 Å². The minimum Gasteiger partial charge on any atom is -0.465 e. The Balaban J connectivity index is 1.67. The molecule has 0 aliphatic heterocycles. The zero-order chi connectivity index (χ0) is 20.9. The fourth-order valence-corrected chi connectivity index (χ4v) is 3.82. The molecule has 1 fully saturated rings. The Morgan fingerprint density at radius 1 is 1.03 bits per heavy atom. The molecule has 6 nitrogen and oxygen atoms in total. The first-order valence-electron chi connectivity index (χ1n) is 9.37. The molecule has 0 aromatic heterocycles.